The van der Waals surface area contributed by atoms with Crippen LogP contribution in [-0.4, -0.2) is 6.71 Å². The summed E-state index contributed by atoms with van der Waals surface area (Å²) in [6.07, 6.45) is 0. The largest absolute Gasteiger partial charge is 0.458 e. The van der Waals surface area contributed by atoms with Crippen LogP contribution in [0.25, 0.3) is 21.5 Å². The van der Waals surface area contributed by atoms with E-state index in [0.29, 0.717) is 0 Å². The molecule has 0 saturated carbocycles. The number of hydrogen-bond acceptors (Lipinski definition) is 3. The molecule has 2 aliphatic heterocycles. The standard InChI is InChI=1S/C53H39BN2O/c1-53(2)43-27-13-14-28-44(43)54-45-35-40(55(38-21-5-3-6-22-38)46-29-15-19-36-17-9-11-25-41(36)46)31-33-49(45)57-50-34-32-48(51(53)52(50)54)56(39-23-7-4-8-24-39)47-30-16-20-37-18-10-12-26-42(37)47/h3-35H,1-2H3. The third-order valence-corrected chi connectivity index (χ3v) is 12.1. The van der Waals surface area contributed by atoms with Crippen molar-refractivity contribution in [1.82, 2.24) is 0 Å². The Morgan fingerprint density at radius 2 is 0.965 bits per heavy atom. The fourth-order valence-corrected chi connectivity index (χ4v) is 9.65. The first-order valence-electron chi connectivity index (χ1n) is 19.8. The van der Waals surface area contributed by atoms with E-state index in [4.69, 9.17) is 4.74 Å². The average Bonchev–Trinajstić information content (AvgIpc) is 3.26. The second kappa shape index (κ2) is 13.0. The lowest BCUT2D eigenvalue weighted by molar-refractivity contribution is 0.484. The first-order valence-corrected chi connectivity index (χ1v) is 19.8. The molecule has 0 aliphatic carbocycles. The van der Waals surface area contributed by atoms with Crippen LogP contribution in [0.4, 0.5) is 34.1 Å². The number of rotatable bonds is 6. The van der Waals surface area contributed by atoms with E-state index in [9.17, 15) is 0 Å². The number of anilines is 6. The zero-order chi connectivity index (χ0) is 38.1. The molecule has 0 atom stereocenters. The van der Waals surface area contributed by atoms with Crippen molar-refractivity contribution in [3.8, 4) is 11.5 Å². The Labute approximate surface area is 334 Å². The number of hydrogen-bond donors (Lipinski definition) is 0. The number of para-hydroxylation sites is 2. The van der Waals surface area contributed by atoms with Gasteiger partial charge in [0.1, 0.15) is 11.5 Å². The molecule has 270 valence electrons. The summed E-state index contributed by atoms with van der Waals surface area (Å²) in [6.45, 7) is 4.73. The summed E-state index contributed by atoms with van der Waals surface area (Å²) >= 11 is 0. The predicted octanol–water partition coefficient (Wildman–Crippen LogP) is 12.2. The average molecular weight is 731 g/mol. The Hall–Kier alpha value is -7.04. The van der Waals surface area contributed by atoms with Crippen LogP contribution in [0, 0.1) is 0 Å². The van der Waals surface area contributed by atoms with Crippen LogP contribution in [0.15, 0.2) is 200 Å². The third kappa shape index (κ3) is 5.21. The highest BCUT2D eigenvalue weighted by molar-refractivity contribution is 6.98. The van der Waals surface area contributed by atoms with Crippen molar-refractivity contribution >= 4 is 78.8 Å². The molecule has 9 aromatic carbocycles. The van der Waals surface area contributed by atoms with Crippen LogP contribution in [0.2, 0.25) is 0 Å². The summed E-state index contributed by atoms with van der Waals surface area (Å²) in [5, 5.41) is 4.83. The second-order valence-electron chi connectivity index (χ2n) is 15.7. The molecular weight excluding hydrogens is 691 g/mol. The molecule has 0 bridgehead atoms. The van der Waals surface area contributed by atoms with Gasteiger partial charge in [-0.2, -0.15) is 0 Å². The maximum absolute atomic E-state index is 7.03. The van der Waals surface area contributed by atoms with Gasteiger partial charge in [-0.15, -0.1) is 0 Å². The summed E-state index contributed by atoms with van der Waals surface area (Å²) in [5.74, 6) is 1.81. The van der Waals surface area contributed by atoms with Crippen LogP contribution in [0.3, 0.4) is 0 Å². The topological polar surface area (TPSA) is 15.7 Å². The Morgan fingerprint density at radius 3 is 1.65 bits per heavy atom. The molecule has 0 radical (unpaired) electrons. The van der Waals surface area contributed by atoms with Crippen LogP contribution >= 0.6 is 0 Å². The minimum atomic E-state index is -0.344. The van der Waals surface area contributed by atoms with Gasteiger partial charge in [0.05, 0.1) is 11.4 Å². The molecule has 0 fully saturated rings. The van der Waals surface area contributed by atoms with Crippen molar-refractivity contribution in [2.45, 2.75) is 19.3 Å². The first kappa shape index (κ1) is 33.3. The van der Waals surface area contributed by atoms with E-state index in [1.54, 1.807) is 0 Å². The van der Waals surface area contributed by atoms with Gasteiger partial charge in [-0.1, -0.05) is 153 Å². The minimum Gasteiger partial charge on any atom is -0.458 e. The van der Waals surface area contributed by atoms with E-state index in [2.05, 4.69) is 224 Å². The molecule has 2 heterocycles. The molecule has 0 aromatic heterocycles. The molecule has 9 aromatic rings. The Bertz CT molecular complexity index is 2980. The lowest BCUT2D eigenvalue weighted by atomic mass is 9.30. The highest BCUT2D eigenvalue weighted by Crippen LogP contribution is 2.48. The van der Waals surface area contributed by atoms with Crippen molar-refractivity contribution in [1.29, 1.82) is 0 Å². The quantitative estimate of drug-likeness (QED) is 0.158. The zero-order valence-corrected chi connectivity index (χ0v) is 31.9. The number of benzene rings is 9. The second-order valence-corrected chi connectivity index (χ2v) is 15.7. The van der Waals surface area contributed by atoms with Crippen LogP contribution in [0.5, 0.6) is 11.5 Å². The highest BCUT2D eigenvalue weighted by atomic mass is 16.5. The third-order valence-electron chi connectivity index (χ3n) is 12.1. The first-order chi connectivity index (χ1) is 28.1. The summed E-state index contributed by atoms with van der Waals surface area (Å²) in [6, 6.07) is 72.4. The molecule has 0 spiro atoms. The molecule has 3 nitrogen and oxygen atoms in total. The monoisotopic (exact) mass is 730 g/mol. The van der Waals surface area contributed by atoms with Crippen molar-refractivity contribution in [2.24, 2.45) is 0 Å². The van der Waals surface area contributed by atoms with E-state index >= 15 is 0 Å². The van der Waals surface area contributed by atoms with Crippen molar-refractivity contribution in [3.05, 3.63) is 211 Å². The van der Waals surface area contributed by atoms with Gasteiger partial charge in [0.15, 0.2) is 0 Å². The molecule has 0 saturated heterocycles. The van der Waals surface area contributed by atoms with Crippen molar-refractivity contribution in [3.63, 3.8) is 0 Å². The molecule has 0 unspecified atom stereocenters. The van der Waals surface area contributed by atoms with E-state index < -0.39 is 0 Å². The number of ether oxygens (including phenoxy) is 1. The van der Waals surface area contributed by atoms with E-state index in [-0.39, 0.29) is 12.1 Å². The Balaban J connectivity index is 1.17. The van der Waals surface area contributed by atoms with Gasteiger partial charge in [-0.25, -0.2) is 0 Å². The van der Waals surface area contributed by atoms with Gasteiger partial charge >= 0.3 is 0 Å². The lowest BCUT2D eigenvalue weighted by Gasteiger charge is -2.44. The lowest BCUT2D eigenvalue weighted by Crippen LogP contribution is -2.62. The molecular formula is C53H39BN2O. The fourth-order valence-electron chi connectivity index (χ4n) is 9.65. The van der Waals surface area contributed by atoms with Crippen molar-refractivity contribution < 1.29 is 4.74 Å². The summed E-state index contributed by atoms with van der Waals surface area (Å²) < 4.78 is 7.03. The summed E-state index contributed by atoms with van der Waals surface area (Å²) in [5.41, 5.74) is 12.7. The van der Waals surface area contributed by atoms with E-state index in [0.717, 1.165) is 45.6 Å². The molecule has 2 aliphatic rings. The molecule has 0 amide bonds. The van der Waals surface area contributed by atoms with Crippen LogP contribution in [-0.2, 0) is 5.41 Å². The number of nitrogens with zero attached hydrogens (tertiary/aromatic N) is 2. The Kier molecular flexibility index (Phi) is 7.62. The maximum Gasteiger partial charge on any atom is 0.251 e. The normalized spacial score (nSPS) is 13.3. The van der Waals surface area contributed by atoms with Gasteiger partial charge in [0.25, 0.3) is 6.71 Å². The molecule has 57 heavy (non-hydrogen) atoms. The predicted molar refractivity (Wildman–Crippen MR) is 241 cm³/mol. The van der Waals surface area contributed by atoms with Gasteiger partial charge in [-0.05, 0) is 99.6 Å². The number of fused-ring (bicyclic) bond motifs is 6. The van der Waals surface area contributed by atoms with Gasteiger partial charge in [0, 0.05) is 38.9 Å². The molecule has 11 rings (SSSR count). The Morgan fingerprint density at radius 1 is 0.421 bits per heavy atom. The molecule has 4 heteroatoms. The SMILES string of the molecule is CC1(C)c2ccccc2B2c3cc(N(c4ccccc4)c4cccc5ccccc45)ccc3Oc3ccc(N(c4ccccc4)c4cccc5ccccc45)c1c32. The van der Waals surface area contributed by atoms with Gasteiger partial charge < -0.3 is 14.5 Å². The maximum atomic E-state index is 7.03. The van der Waals surface area contributed by atoms with Crippen molar-refractivity contribution in [2.75, 3.05) is 9.80 Å². The van der Waals surface area contributed by atoms with E-state index in [1.165, 1.54) is 49.1 Å². The zero-order valence-electron chi connectivity index (χ0n) is 31.9. The minimum absolute atomic E-state index is 0.0434. The van der Waals surface area contributed by atoms with Crippen LogP contribution < -0.4 is 30.9 Å². The fraction of sp³-hybridized carbons (Fsp3) is 0.0566. The van der Waals surface area contributed by atoms with Crippen LogP contribution in [0.1, 0.15) is 25.0 Å². The molecule has 0 N–H and O–H groups in total. The highest BCUT2D eigenvalue weighted by Gasteiger charge is 2.47. The summed E-state index contributed by atoms with van der Waals surface area (Å²) in [7, 11) is 0. The van der Waals surface area contributed by atoms with Gasteiger partial charge in [0.2, 0.25) is 0 Å². The van der Waals surface area contributed by atoms with Gasteiger partial charge in [-0.3, -0.25) is 0 Å². The van der Waals surface area contributed by atoms with E-state index in [1.807, 2.05) is 0 Å². The smallest absolute Gasteiger partial charge is 0.251 e. The summed E-state index contributed by atoms with van der Waals surface area (Å²) in [4.78, 5) is 4.86.